The second kappa shape index (κ2) is 6.31. The fraction of sp³-hybridized carbons (Fsp3) is 0.385. The van der Waals surface area contributed by atoms with Crippen molar-refractivity contribution in [3.05, 3.63) is 40.2 Å². The van der Waals surface area contributed by atoms with Crippen molar-refractivity contribution in [3.8, 4) is 0 Å². The molecule has 3 N–H and O–H groups in total. The average molecular weight is 289 g/mol. The minimum atomic E-state index is -0.194. The number of aromatic nitrogens is 4. The summed E-state index contributed by atoms with van der Waals surface area (Å²) in [6.45, 7) is 4.85. The second-order valence-electron chi connectivity index (χ2n) is 4.68. The molecule has 2 heterocycles. The topological polar surface area (TPSA) is 102 Å². The number of rotatable bonds is 5. The number of nitrogens with zero attached hydrogens (tertiary/aromatic N) is 5. The number of nitrogen functional groups attached to an aromatic ring is 1. The first-order valence-corrected chi connectivity index (χ1v) is 6.63. The van der Waals surface area contributed by atoms with Crippen molar-refractivity contribution >= 4 is 11.5 Å². The molecule has 2 aromatic heterocycles. The molecule has 0 aliphatic carbocycles. The van der Waals surface area contributed by atoms with Crippen LogP contribution in [0, 0.1) is 6.92 Å². The molecule has 0 saturated carbocycles. The number of hydrazine groups is 1. The zero-order chi connectivity index (χ0) is 15.4. The molecule has 0 amide bonds. The first-order chi connectivity index (χ1) is 10.0. The summed E-state index contributed by atoms with van der Waals surface area (Å²) in [5.74, 6) is 6.34. The van der Waals surface area contributed by atoms with Crippen LogP contribution in [-0.2, 0) is 6.54 Å². The van der Waals surface area contributed by atoms with Gasteiger partial charge < -0.3 is 10.3 Å². The van der Waals surface area contributed by atoms with Gasteiger partial charge in [-0.15, -0.1) is 0 Å². The molecule has 0 saturated heterocycles. The number of aryl methyl sites for hydroxylation is 1. The molecule has 21 heavy (non-hydrogen) atoms. The van der Waals surface area contributed by atoms with Crippen molar-refractivity contribution < 1.29 is 0 Å². The first kappa shape index (κ1) is 14.9. The maximum absolute atomic E-state index is 12.1. The van der Waals surface area contributed by atoms with Crippen molar-refractivity contribution in [2.24, 2.45) is 5.84 Å². The van der Waals surface area contributed by atoms with E-state index < -0.39 is 0 Å². The summed E-state index contributed by atoms with van der Waals surface area (Å²) in [6, 6.07) is 3.27. The normalized spacial score (nSPS) is 10.5. The van der Waals surface area contributed by atoms with E-state index in [9.17, 15) is 4.79 Å². The minimum absolute atomic E-state index is 0.194. The first-order valence-electron chi connectivity index (χ1n) is 6.63. The summed E-state index contributed by atoms with van der Waals surface area (Å²) < 4.78 is 1.32. The molecule has 8 heteroatoms. The molecule has 0 atom stereocenters. The van der Waals surface area contributed by atoms with Crippen molar-refractivity contribution in [1.29, 1.82) is 0 Å². The van der Waals surface area contributed by atoms with Crippen LogP contribution in [-0.4, -0.2) is 33.3 Å². The lowest BCUT2D eigenvalue weighted by molar-refractivity contribution is 0.612. The fourth-order valence-electron chi connectivity index (χ4n) is 1.84. The zero-order valence-electron chi connectivity index (χ0n) is 12.4. The lowest BCUT2D eigenvalue weighted by atomic mass is 10.4. The Balaban J connectivity index is 2.28. The third-order valence-corrected chi connectivity index (χ3v) is 3.11. The minimum Gasteiger partial charge on any atom is -0.373 e. The molecular weight excluding hydrogens is 270 g/mol. The van der Waals surface area contributed by atoms with Gasteiger partial charge in [-0.05, 0) is 13.8 Å². The molecule has 0 radical (unpaired) electrons. The van der Waals surface area contributed by atoms with Gasteiger partial charge in [0.25, 0.3) is 5.56 Å². The molecule has 0 aliphatic rings. The molecule has 0 aliphatic heterocycles. The van der Waals surface area contributed by atoms with Crippen LogP contribution in [0.2, 0.25) is 0 Å². The standard InChI is InChI=1S/C13H19N7O/c1-4-19(3)10-6-13(21)20(15-7-10)8-12-16-9(2)5-11(17-12)18-14/h5-7H,4,8,14H2,1-3H3,(H,16,17,18). The Morgan fingerprint density at radius 2 is 2.14 bits per heavy atom. The number of anilines is 2. The molecule has 0 fully saturated rings. The average Bonchev–Trinajstić information content (AvgIpc) is 2.47. The van der Waals surface area contributed by atoms with E-state index in [0.29, 0.717) is 11.6 Å². The molecule has 0 bridgehead atoms. The summed E-state index contributed by atoms with van der Waals surface area (Å²) in [6.07, 6.45) is 1.66. The number of hydrogen-bond acceptors (Lipinski definition) is 7. The monoisotopic (exact) mass is 289 g/mol. The van der Waals surface area contributed by atoms with E-state index >= 15 is 0 Å². The van der Waals surface area contributed by atoms with Gasteiger partial charge in [0.15, 0.2) is 5.82 Å². The predicted octanol–water partition coefficient (Wildman–Crippen LogP) is 0.132. The van der Waals surface area contributed by atoms with E-state index in [1.807, 2.05) is 25.8 Å². The van der Waals surface area contributed by atoms with Crippen LogP contribution in [0.5, 0.6) is 0 Å². The summed E-state index contributed by atoms with van der Waals surface area (Å²) in [5.41, 5.74) is 3.83. The van der Waals surface area contributed by atoms with Crippen LogP contribution in [0.3, 0.4) is 0 Å². The Bertz CT molecular complexity index is 682. The lowest BCUT2D eigenvalue weighted by Gasteiger charge is -2.16. The Morgan fingerprint density at radius 3 is 2.76 bits per heavy atom. The van der Waals surface area contributed by atoms with Crippen molar-refractivity contribution in [3.63, 3.8) is 0 Å². The summed E-state index contributed by atoms with van der Waals surface area (Å²) in [4.78, 5) is 22.5. The maximum Gasteiger partial charge on any atom is 0.269 e. The highest BCUT2D eigenvalue weighted by atomic mass is 16.1. The number of nitrogens with two attached hydrogens (primary N) is 1. The van der Waals surface area contributed by atoms with Crippen LogP contribution >= 0.6 is 0 Å². The Labute approximate surface area is 122 Å². The van der Waals surface area contributed by atoms with Gasteiger partial charge in [-0.3, -0.25) is 4.79 Å². The quantitative estimate of drug-likeness (QED) is 0.596. The summed E-state index contributed by atoms with van der Waals surface area (Å²) in [7, 11) is 1.91. The van der Waals surface area contributed by atoms with Gasteiger partial charge in [0.1, 0.15) is 12.4 Å². The molecule has 0 spiro atoms. The smallest absolute Gasteiger partial charge is 0.269 e. The highest BCUT2D eigenvalue weighted by Crippen LogP contribution is 2.07. The third-order valence-electron chi connectivity index (χ3n) is 3.11. The molecule has 0 unspecified atom stereocenters. The zero-order valence-corrected chi connectivity index (χ0v) is 12.4. The van der Waals surface area contributed by atoms with Crippen LogP contribution in [0.15, 0.2) is 23.1 Å². The molecular formula is C13H19N7O. The van der Waals surface area contributed by atoms with Crippen molar-refractivity contribution in [2.45, 2.75) is 20.4 Å². The van der Waals surface area contributed by atoms with E-state index in [2.05, 4.69) is 20.5 Å². The summed E-state index contributed by atoms with van der Waals surface area (Å²) in [5, 5.41) is 4.16. The number of nitrogens with one attached hydrogen (secondary N) is 1. The molecule has 0 aromatic carbocycles. The Kier molecular flexibility index (Phi) is 4.49. The van der Waals surface area contributed by atoms with Gasteiger partial charge in [-0.1, -0.05) is 0 Å². The van der Waals surface area contributed by atoms with E-state index in [0.717, 1.165) is 17.9 Å². The van der Waals surface area contributed by atoms with E-state index in [1.165, 1.54) is 4.68 Å². The van der Waals surface area contributed by atoms with Crippen LogP contribution in [0.25, 0.3) is 0 Å². The molecule has 2 rings (SSSR count). The fourth-order valence-corrected chi connectivity index (χ4v) is 1.84. The van der Waals surface area contributed by atoms with E-state index in [4.69, 9.17) is 5.84 Å². The molecule has 112 valence electrons. The van der Waals surface area contributed by atoms with Gasteiger partial charge in [-0.2, -0.15) is 5.10 Å². The van der Waals surface area contributed by atoms with E-state index in [1.54, 1.807) is 18.3 Å². The van der Waals surface area contributed by atoms with Gasteiger partial charge in [0.05, 0.1) is 11.9 Å². The Morgan fingerprint density at radius 1 is 1.38 bits per heavy atom. The molecule has 8 nitrogen and oxygen atoms in total. The van der Waals surface area contributed by atoms with E-state index in [-0.39, 0.29) is 12.1 Å². The Hall–Kier alpha value is -2.48. The predicted molar refractivity (Wildman–Crippen MR) is 81.1 cm³/mol. The van der Waals surface area contributed by atoms with Crippen molar-refractivity contribution in [1.82, 2.24) is 19.7 Å². The SMILES string of the molecule is CCN(C)c1cnn(Cc2nc(C)cc(NN)n2)c(=O)c1. The number of hydrogen-bond donors (Lipinski definition) is 2. The van der Waals surface area contributed by atoms with Crippen LogP contribution in [0.1, 0.15) is 18.4 Å². The van der Waals surface area contributed by atoms with Crippen LogP contribution in [0.4, 0.5) is 11.5 Å². The maximum atomic E-state index is 12.1. The highest BCUT2D eigenvalue weighted by Gasteiger charge is 2.07. The van der Waals surface area contributed by atoms with Crippen LogP contribution < -0.4 is 21.7 Å². The summed E-state index contributed by atoms with van der Waals surface area (Å²) >= 11 is 0. The lowest BCUT2D eigenvalue weighted by Crippen LogP contribution is -2.26. The van der Waals surface area contributed by atoms with Gasteiger partial charge >= 0.3 is 0 Å². The van der Waals surface area contributed by atoms with Gasteiger partial charge in [0.2, 0.25) is 0 Å². The third kappa shape index (κ3) is 3.54. The van der Waals surface area contributed by atoms with Gasteiger partial charge in [-0.25, -0.2) is 20.5 Å². The largest absolute Gasteiger partial charge is 0.373 e. The van der Waals surface area contributed by atoms with Gasteiger partial charge in [0, 0.05) is 31.4 Å². The van der Waals surface area contributed by atoms with Crippen molar-refractivity contribution in [2.75, 3.05) is 23.9 Å². The second-order valence-corrected chi connectivity index (χ2v) is 4.68. The molecule has 2 aromatic rings. The highest BCUT2D eigenvalue weighted by molar-refractivity contribution is 5.41.